The number of aromatic amines is 1. The number of nitrogens with zero attached hydrogens (tertiary/aromatic N) is 2. The molecule has 0 unspecified atom stereocenters. The van der Waals surface area contributed by atoms with Crippen LogP contribution < -0.4 is 0 Å². The highest BCUT2D eigenvalue weighted by Gasteiger charge is 2.08. The van der Waals surface area contributed by atoms with Gasteiger partial charge >= 0.3 is 0 Å². The summed E-state index contributed by atoms with van der Waals surface area (Å²) in [6, 6.07) is 21.1. The van der Waals surface area contributed by atoms with E-state index < -0.39 is 0 Å². The normalized spacial score (nSPS) is 10.6. The van der Waals surface area contributed by atoms with Crippen molar-refractivity contribution in [1.82, 2.24) is 15.0 Å². The van der Waals surface area contributed by atoms with E-state index in [9.17, 15) is 0 Å². The lowest BCUT2D eigenvalue weighted by Crippen LogP contribution is -1.80. The molecule has 0 radical (unpaired) electrons. The number of hydrogen-bond donors (Lipinski definition) is 1. The molecule has 2 aromatic carbocycles. The predicted molar refractivity (Wildman–Crippen MR) is 114 cm³/mol. The Morgan fingerprint density at radius 3 is 1.48 bits per heavy atom. The summed E-state index contributed by atoms with van der Waals surface area (Å²) in [5.74, 6) is 0. The van der Waals surface area contributed by atoms with E-state index in [1.165, 1.54) is 21.9 Å². The number of hydrogen-bond acceptors (Lipinski definition) is 2. The molecule has 1 N–H and O–H groups in total. The monoisotopic (exact) mass is 351 g/mol. The van der Waals surface area contributed by atoms with E-state index in [1.54, 1.807) is 12.4 Å². The van der Waals surface area contributed by atoms with Gasteiger partial charge in [-0.2, -0.15) is 0 Å². The Kier molecular flexibility index (Phi) is 4.67. The number of nitrogens with one attached hydrogen (secondary N) is 1. The van der Waals surface area contributed by atoms with Gasteiger partial charge in [0.2, 0.25) is 0 Å². The molecule has 0 aliphatic carbocycles. The summed E-state index contributed by atoms with van der Waals surface area (Å²) >= 11 is 0. The number of rotatable bonds is 2. The molecular weight excluding hydrogens is 330 g/mol. The molecule has 3 heterocycles. The van der Waals surface area contributed by atoms with Gasteiger partial charge in [-0.3, -0.25) is 9.97 Å². The Morgan fingerprint density at radius 2 is 1.07 bits per heavy atom. The smallest absolute Gasteiger partial charge is 0.0465 e. The highest BCUT2D eigenvalue weighted by Crippen LogP contribution is 2.32. The minimum absolute atomic E-state index is 1.13. The number of pyridine rings is 2. The molecule has 5 rings (SSSR count). The molecule has 0 spiro atoms. The van der Waals surface area contributed by atoms with Crippen LogP contribution in [-0.4, -0.2) is 15.0 Å². The van der Waals surface area contributed by atoms with Crippen LogP contribution in [0.1, 0.15) is 13.8 Å². The van der Waals surface area contributed by atoms with Crippen molar-refractivity contribution in [2.75, 3.05) is 0 Å². The first kappa shape index (κ1) is 17.0. The highest BCUT2D eigenvalue weighted by atomic mass is 14.7. The van der Waals surface area contributed by atoms with Crippen LogP contribution in [-0.2, 0) is 0 Å². The summed E-state index contributed by atoms with van der Waals surface area (Å²) < 4.78 is 0. The van der Waals surface area contributed by atoms with E-state index in [0.717, 1.165) is 22.2 Å². The topological polar surface area (TPSA) is 41.6 Å². The van der Waals surface area contributed by atoms with Gasteiger partial charge in [-0.1, -0.05) is 38.1 Å². The Labute approximate surface area is 158 Å². The minimum Gasteiger partial charge on any atom is -0.355 e. The van der Waals surface area contributed by atoms with Crippen molar-refractivity contribution in [2.24, 2.45) is 0 Å². The molecule has 3 heteroatoms. The Bertz CT molecular complexity index is 1080. The largest absolute Gasteiger partial charge is 0.355 e. The van der Waals surface area contributed by atoms with Crippen LogP contribution >= 0.6 is 0 Å². The van der Waals surface area contributed by atoms with E-state index in [2.05, 4.69) is 63.5 Å². The third kappa shape index (κ3) is 3.20. The van der Waals surface area contributed by atoms with Gasteiger partial charge in [0, 0.05) is 57.7 Å². The van der Waals surface area contributed by atoms with Gasteiger partial charge < -0.3 is 4.98 Å². The van der Waals surface area contributed by atoms with Crippen molar-refractivity contribution in [3.63, 3.8) is 0 Å². The van der Waals surface area contributed by atoms with Gasteiger partial charge in [0.25, 0.3) is 0 Å². The van der Waals surface area contributed by atoms with Crippen LogP contribution in [0.15, 0.2) is 85.5 Å². The predicted octanol–water partition coefficient (Wildman–Crippen LogP) is 6.47. The molecule has 3 aromatic heterocycles. The maximum atomic E-state index is 4.23. The van der Waals surface area contributed by atoms with E-state index in [4.69, 9.17) is 0 Å². The minimum atomic E-state index is 1.13. The SMILES string of the molecule is CC.c1cncc(-c2ccc3[nH]c4ccc(-c5cccnc5)cc4c3c2)c1. The molecule has 5 aromatic rings. The molecule has 0 fully saturated rings. The zero-order chi connectivity index (χ0) is 18.6. The average molecular weight is 351 g/mol. The Balaban J connectivity index is 0.000000872. The van der Waals surface area contributed by atoms with E-state index in [-0.39, 0.29) is 0 Å². The lowest BCUT2D eigenvalue weighted by Gasteiger charge is -2.03. The first-order valence-corrected chi connectivity index (χ1v) is 9.25. The second-order valence-electron chi connectivity index (χ2n) is 6.13. The number of aromatic nitrogens is 3. The number of H-pyrrole nitrogens is 1. The quantitative estimate of drug-likeness (QED) is 0.396. The molecule has 0 bridgehead atoms. The Hall–Kier alpha value is -3.46. The van der Waals surface area contributed by atoms with E-state index in [1.807, 2.05) is 38.4 Å². The highest BCUT2D eigenvalue weighted by molar-refractivity contribution is 6.09. The fourth-order valence-electron chi connectivity index (χ4n) is 3.32. The van der Waals surface area contributed by atoms with Crippen molar-refractivity contribution in [2.45, 2.75) is 13.8 Å². The zero-order valence-electron chi connectivity index (χ0n) is 15.5. The standard InChI is InChI=1S/C22H15N3.C2H6/c1-3-17(13-23-9-1)15-5-7-21-19(11-15)20-12-16(6-8-22(20)25-21)18-4-2-10-24-14-18;1-2/h1-14,25H;1-2H3. The lowest BCUT2D eigenvalue weighted by molar-refractivity contribution is 1.33. The van der Waals surface area contributed by atoms with Crippen LogP contribution in [0.2, 0.25) is 0 Å². The van der Waals surface area contributed by atoms with E-state index in [0.29, 0.717) is 0 Å². The van der Waals surface area contributed by atoms with Crippen molar-refractivity contribution in [1.29, 1.82) is 0 Å². The van der Waals surface area contributed by atoms with Gasteiger partial charge in [-0.05, 0) is 47.5 Å². The maximum Gasteiger partial charge on any atom is 0.0465 e. The molecule has 27 heavy (non-hydrogen) atoms. The van der Waals surface area contributed by atoms with Gasteiger partial charge in [-0.15, -0.1) is 0 Å². The van der Waals surface area contributed by atoms with Gasteiger partial charge in [0.15, 0.2) is 0 Å². The van der Waals surface area contributed by atoms with Crippen molar-refractivity contribution in [3.05, 3.63) is 85.5 Å². The third-order valence-electron chi connectivity index (χ3n) is 4.59. The molecule has 0 saturated heterocycles. The molecule has 0 atom stereocenters. The van der Waals surface area contributed by atoms with Crippen LogP contribution in [0.3, 0.4) is 0 Å². The van der Waals surface area contributed by atoms with E-state index >= 15 is 0 Å². The van der Waals surface area contributed by atoms with Crippen LogP contribution in [0.25, 0.3) is 44.1 Å². The summed E-state index contributed by atoms with van der Waals surface area (Å²) in [6.07, 6.45) is 7.40. The zero-order valence-corrected chi connectivity index (χ0v) is 15.5. The van der Waals surface area contributed by atoms with Crippen LogP contribution in [0.4, 0.5) is 0 Å². The van der Waals surface area contributed by atoms with Gasteiger partial charge in [-0.25, -0.2) is 0 Å². The van der Waals surface area contributed by atoms with Crippen molar-refractivity contribution < 1.29 is 0 Å². The molecule has 132 valence electrons. The molecule has 3 nitrogen and oxygen atoms in total. The van der Waals surface area contributed by atoms with Crippen LogP contribution in [0, 0.1) is 0 Å². The number of benzene rings is 2. The van der Waals surface area contributed by atoms with Gasteiger partial charge in [0.05, 0.1) is 0 Å². The lowest BCUT2D eigenvalue weighted by atomic mass is 10.0. The summed E-state index contributed by atoms with van der Waals surface area (Å²) in [5.41, 5.74) is 6.89. The molecule has 0 aliphatic heterocycles. The number of fused-ring (bicyclic) bond motifs is 3. The second-order valence-corrected chi connectivity index (χ2v) is 6.13. The summed E-state index contributed by atoms with van der Waals surface area (Å²) in [4.78, 5) is 12.0. The fourth-order valence-corrected chi connectivity index (χ4v) is 3.32. The van der Waals surface area contributed by atoms with Gasteiger partial charge in [0.1, 0.15) is 0 Å². The third-order valence-corrected chi connectivity index (χ3v) is 4.59. The fraction of sp³-hybridized carbons (Fsp3) is 0.0833. The molecule has 0 amide bonds. The summed E-state index contributed by atoms with van der Waals surface area (Å²) in [7, 11) is 0. The summed E-state index contributed by atoms with van der Waals surface area (Å²) in [6.45, 7) is 4.00. The first-order chi connectivity index (χ1) is 13.4. The van der Waals surface area contributed by atoms with Crippen LogP contribution in [0.5, 0.6) is 0 Å². The molecule has 0 saturated carbocycles. The first-order valence-electron chi connectivity index (χ1n) is 9.25. The maximum absolute atomic E-state index is 4.23. The van der Waals surface area contributed by atoms with Crippen molar-refractivity contribution >= 4 is 21.8 Å². The average Bonchev–Trinajstić information content (AvgIpc) is 3.13. The molecule has 0 aliphatic rings. The Morgan fingerprint density at radius 1 is 0.593 bits per heavy atom. The second kappa shape index (κ2) is 7.42. The molecular formula is C24H21N3. The van der Waals surface area contributed by atoms with Crippen molar-refractivity contribution in [3.8, 4) is 22.3 Å². The summed E-state index contributed by atoms with van der Waals surface area (Å²) in [5, 5.41) is 2.45.